The minimum Gasteiger partial charge on any atom is -0.481 e. The van der Waals surface area contributed by atoms with Crippen LogP contribution in [0.1, 0.15) is 33.1 Å². The summed E-state index contributed by atoms with van der Waals surface area (Å²) in [5.41, 5.74) is 0. The molecule has 0 radical (unpaired) electrons. The van der Waals surface area contributed by atoms with Crippen LogP contribution in [-0.2, 0) is 9.59 Å². The highest BCUT2D eigenvalue weighted by atomic mass is 16.4. The largest absolute Gasteiger partial charge is 0.481 e. The van der Waals surface area contributed by atoms with Gasteiger partial charge in [0.25, 0.3) is 0 Å². The summed E-state index contributed by atoms with van der Waals surface area (Å²) in [4.78, 5) is 25.8. The first kappa shape index (κ1) is 14.1. The minimum absolute atomic E-state index is 0.00481. The number of carbonyl (C=O) groups excluding carboxylic acids is 1. The van der Waals surface area contributed by atoms with Crippen molar-refractivity contribution in [2.45, 2.75) is 39.2 Å². The van der Waals surface area contributed by atoms with Gasteiger partial charge in [0.1, 0.15) is 0 Å². The Morgan fingerprint density at radius 3 is 2.42 bits per heavy atom. The number of carbonyl (C=O) groups is 2. The summed E-state index contributed by atoms with van der Waals surface area (Å²) < 4.78 is 0. The number of aliphatic carboxylic acids is 1. The first-order chi connectivity index (χ1) is 8.97. The zero-order valence-electron chi connectivity index (χ0n) is 11.9. The Kier molecular flexibility index (Phi) is 3.97. The highest BCUT2D eigenvalue weighted by Gasteiger charge is 2.52. The van der Waals surface area contributed by atoms with Crippen LogP contribution in [0.3, 0.4) is 0 Å². The monoisotopic (exact) mass is 265 g/mol. The van der Waals surface area contributed by atoms with Crippen LogP contribution < -0.4 is 0 Å². The molecular formula is C15H23NO3. The molecule has 0 aliphatic heterocycles. The molecule has 0 heterocycles. The van der Waals surface area contributed by atoms with E-state index in [0.717, 1.165) is 19.3 Å². The van der Waals surface area contributed by atoms with Gasteiger partial charge in [-0.25, -0.2) is 0 Å². The molecule has 1 saturated carbocycles. The highest BCUT2D eigenvalue weighted by Crippen LogP contribution is 2.48. The summed E-state index contributed by atoms with van der Waals surface area (Å²) in [6, 6.07) is 0.176. The van der Waals surface area contributed by atoms with E-state index in [9.17, 15) is 14.7 Å². The van der Waals surface area contributed by atoms with Crippen molar-refractivity contribution in [3.05, 3.63) is 12.2 Å². The number of rotatable bonds is 5. The van der Waals surface area contributed by atoms with E-state index >= 15 is 0 Å². The first-order valence-electron chi connectivity index (χ1n) is 7.15. The molecule has 2 aliphatic rings. The Hall–Kier alpha value is -1.32. The quantitative estimate of drug-likeness (QED) is 0.775. The summed E-state index contributed by atoms with van der Waals surface area (Å²) in [5, 5.41) is 9.37. The van der Waals surface area contributed by atoms with Gasteiger partial charge < -0.3 is 10.0 Å². The smallest absolute Gasteiger partial charge is 0.307 e. The van der Waals surface area contributed by atoms with Crippen molar-refractivity contribution in [2.24, 2.45) is 23.7 Å². The van der Waals surface area contributed by atoms with Crippen LogP contribution in [0.5, 0.6) is 0 Å². The van der Waals surface area contributed by atoms with Gasteiger partial charge in [0.15, 0.2) is 0 Å². The van der Waals surface area contributed by atoms with E-state index in [1.165, 1.54) is 0 Å². The van der Waals surface area contributed by atoms with Gasteiger partial charge in [-0.05, 0) is 31.6 Å². The summed E-state index contributed by atoms with van der Waals surface area (Å²) >= 11 is 0. The molecule has 4 heteroatoms. The third kappa shape index (κ3) is 2.40. The molecule has 1 fully saturated rings. The fourth-order valence-corrected chi connectivity index (χ4v) is 3.56. The summed E-state index contributed by atoms with van der Waals surface area (Å²) in [7, 11) is 1.80. The maximum Gasteiger partial charge on any atom is 0.307 e. The van der Waals surface area contributed by atoms with Crippen molar-refractivity contribution in [2.75, 3.05) is 7.05 Å². The molecule has 19 heavy (non-hydrogen) atoms. The fraction of sp³-hybridized carbons (Fsp3) is 0.733. The van der Waals surface area contributed by atoms with Gasteiger partial charge in [0.05, 0.1) is 11.8 Å². The van der Waals surface area contributed by atoms with Crippen molar-refractivity contribution in [1.82, 2.24) is 4.90 Å². The topological polar surface area (TPSA) is 57.6 Å². The Labute approximate surface area is 114 Å². The average Bonchev–Trinajstić information content (AvgIpc) is 2.97. The van der Waals surface area contributed by atoms with E-state index in [2.05, 4.69) is 6.92 Å². The maximum atomic E-state index is 12.6. The van der Waals surface area contributed by atoms with Gasteiger partial charge in [-0.3, -0.25) is 9.59 Å². The molecule has 2 rings (SSSR count). The molecule has 5 unspecified atom stereocenters. The molecule has 2 aliphatic carbocycles. The normalized spacial score (nSPS) is 33.4. The second-order valence-corrected chi connectivity index (χ2v) is 5.92. The SMILES string of the molecule is CCCC(C)N(C)C(=O)C1C2C=CC(C2)C1C(=O)O. The van der Waals surface area contributed by atoms with Gasteiger partial charge in [-0.15, -0.1) is 0 Å². The molecule has 2 bridgehead atoms. The molecule has 1 N–H and O–H groups in total. The van der Waals surface area contributed by atoms with Crippen molar-refractivity contribution in [1.29, 1.82) is 0 Å². The maximum absolute atomic E-state index is 12.6. The van der Waals surface area contributed by atoms with E-state index in [4.69, 9.17) is 0 Å². The van der Waals surface area contributed by atoms with Crippen LogP contribution in [-0.4, -0.2) is 35.0 Å². The summed E-state index contributed by atoms with van der Waals surface area (Å²) in [6.07, 6.45) is 6.81. The molecule has 0 saturated heterocycles. The zero-order valence-corrected chi connectivity index (χ0v) is 11.9. The van der Waals surface area contributed by atoms with Crippen LogP contribution in [0.2, 0.25) is 0 Å². The second-order valence-electron chi connectivity index (χ2n) is 5.92. The van der Waals surface area contributed by atoms with Crippen LogP contribution in [0.25, 0.3) is 0 Å². The second kappa shape index (κ2) is 5.35. The zero-order chi connectivity index (χ0) is 14.2. The van der Waals surface area contributed by atoms with Gasteiger partial charge in [-0.1, -0.05) is 25.5 Å². The average molecular weight is 265 g/mol. The van der Waals surface area contributed by atoms with Crippen molar-refractivity contribution < 1.29 is 14.7 Å². The van der Waals surface area contributed by atoms with Crippen molar-refractivity contribution in [3.63, 3.8) is 0 Å². The Bertz CT molecular complexity index is 404. The lowest BCUT2D eigenvalue weighted by molar-refractivity contribution is -0.151. The third-order valence-corrected chi connectivity index (χ3v) is 4.74. The van der Waals surface area contributed by atoms with Gasteiger partial charge in [-0.2, -0.15) is 0 Å². The molecule has 1 amide bonds. The molecular weight excluding hydrogens is 242 g/mol. The lowest BCUT2D eigenvalue weighted by Crippen LogP contribution is -2.44. The molecule has 0 spiro atoms. The number of allylic oxidation sites excluding steroid dienone is 2. The molecule has 5 atom stereocenters. The van der Waals surface area contributed by atoms with Crippen LogP contribution >= 0.6 is 0 Å². The molecule has 4 nitrogen and oxygen atoms in total. The van der Waals surface area contributed by atoms with E-state index in [0.29, 0.717) is 0 Å². The van der Waals surface area contributed by atoms with Gasteiger partial charge >= 0.3 is 5.97 Å². The number of carboxylic acid groups (broad SMARTS) is 1. The van der Waals surface area contributed by atoms with Crippen molar-refractivity contribution >= 4 is 11.9 Å². The standard InChI is InChI=1S/C15H23NO3/c1-4-5-9(2)16(3)14(17)12-10-6-7-11(8-10)13(12)15(18)19/h6-7,9-13H,4-5,8H2,1-3H3,(H,18,19). The molecule has 0 aromatic carbocycles. The van der Waals surface area contributed by atoms with E-state index in [1.807, 2.05) is 19.1 Å². The molecule has 0 aromatic rings. The Morgan fingerprint density at radius 2 is 1.89 bits per heavy atom. The van der Waals surface area contributed by atoms with E-state index in [-0.39, 0.29) is 29.7 Å². The van der Waals surface area contributed by atoms with Crippen LogP contribution in [0, 0.1) is 23.7 Å². The third-order valence-electron chi connectivity index (χ3n) is 4.74. The number of fused-ring (bicyclic) bond motifs is 2. The Balaban J connectivity index is 2.14. The number of hydrogen-bond acceptors (Lipinski definition) is 2. The minimum atomic E-state index is -0.827. The number of carboxylic acids is 1. The van der Waals surface area contributed by atoms with Gasteiger partial charge in [0.2, 0.25) is 5.91 Å². The van der Waals surface area contributed by atoms with E-state index in [1.54, 1.807) is 11.9 Å². The summed E-state index contributed by atoms with van der Waals surface area (Å²) in [5.74, 6) is -1.55. The highest BCUT2D eigenvalue weighted by molar-refractivity contribution is 5.87. The molecule has 0 aromatic heterocycles. The first-order valence-corrected chi connectivity index (χ1v) is 7.15. The predicted molar refractivity (Wildman–Crippen MR) is 72.5 cm³/mol. The van der Waals surface area contributed by atoms with Crippen molar-refractivity contribution in [3.8, 4) is 0 Å². The van der Waals surface area contributed by atoms with Crippen LogP contribution in [0.4, 0.5) is 0 Å². The Morgan fingerprint density at radius 1 is 1.32 bits per heavy atom. The number of amides is 1. The van der Waals surface area contributed by atoms with Crippen LogP contribution in [0.15, 0.2) is 12.2 Å². The van der Waals surface area contributed by atoms with Gasteiger partial charge in [0, 0.05) is 13.1 Å². The fourth-order valence-electron chi connectivity index (χ4n) is 3.56. The van der Waals surface area contributed by atoms with E-state index < -0.39 is 11.9 Å². The lowest BCUT2D eigenvalue weighted by atomic mass is 9.82. The predicted octanol–water partition coefficient (Wildman–Crippen LogP) is 2.16. The molecule has 106 valence electrons. The lowest BCUT2D eigenvalue weighted by Gasteiger charge is -2.32. The number of nitrogens with zero attached hydrogens (tertiary/aromatic N) is 1. The summed E-state index contributed by atoms with van der Waals surface area (Å²) in [6.45, 7) is 4.12. The number of hydrogen-bond donors (Lipinski definition) is 1.